The lowest BCUT2D eigenvalue weighted by Crippen LogP contribution is -2.02. The van der Waals surface area contributed by atoms with Crippen LogP contribution in [0.3, 0.4) is 0 Å². The molecule has 2 nitrogen and oxygen atoms in total. The maximum Gasteiger partial charge on any atom is 0.142 e. The van der Waals surface area contributed by atoms with Crippen molar-refractivity contribution in [2.24, 2.45) is 0 Å². The second kappa shape index (κ2) is 5.13. The van der Waals surface area contributed by atoms with E-state index in [1.165, 1.54) is 0 Å². The summed E-state index contributed by atoms with van der Waals surface area (Å²) in [5, 5.41) is 4.24. The summed E-state index contributed by atoms with van der Waals surface area (Å²) >= 11 is 11.5. The Bertz CT molecular complexity index is 339. The van der Waals surface area contributed by atoms with Crippen LogP contribution in [0.15, 0.2) is 29.8 Å². The summed E-state index contributed by atoms with van der Waals surface area (Å²) in [7, 11) is 1.60. The molecule has 0 saturated heterocycles. The summed E-state index contributed by atoms with van der Waals surface area (Å²) in [5.74, 6) is 0.729. The van der Waals surface area contributed by atoms with E-state index in [4.69, 9.17) is 27.9 Å². The smallest absolute Gasteiger partial charge is 0.142 e. The van der Waals surface area contributed by atoms with Crippen molar-refractivity contribution in [2.45, 2.75) is 0 Å². The molecule has 0 aromatic heterocycles. The highest BCUT2D eigenvalue weighted by atomic mass is 35.5. The maximum atomic E-state index is 5.84. The van der Waals surface area contributed by atoms with E-state index in [0.29, 0.717) is 16.6 Å². The van der Waals surface area contributed by atoms with E-state index in [-0.39, 0.29) is 0 Å². The molecular weight excluding hydrogens is 221 g/mol. The van der Waals surface area contributed by atoms with Crippen LogP contribution in [-0.4, -0.2) is 13.7 Å². The number of anilines is 1. The molecule has 76 valence electrons. The van der Waals surface area contributed by atoms with Gasteiger partial charge in [0.1, 0.15) is 5.75 Å². The van der Waals surface area contributed by atoms with Crippen LogP contribution in [-0.2, 0) is 0 Å². The summed E-state index contributed by atoms with van der Waals surface area (Å²) in [4.78, 5) is 0. The Morgan fingerprint density at radius 3 is 2.86 bits per heavy atom. The van der Waals surface area contributed by atoms with Gasteiger partial charge in [-0.2, -0.15) is 0 Å². The fraction of sp³-hybridized carbons (Fsp3) is 0.200. The predicted octanol–water partition coefficient (Wildman–Crippen LogP) is 3.51. The van der Waals surface area contributed by atoms with Gasteiger partial charge in [0, 0.05) is 10.1 Å². The molecule has 0 spiro atoms. The highest BCUT2D eigenvalue weighted by Crippen LogP contribution is 2.27. The second-order valence-electron chi connectivity index (χ2n) is 2.72. The molecule has 0 amide bonds. The minimum absolute atomic E-state index is 0.484. The number of halogens is 2. The molecule has 0 radical (unpaired) electrons. The van der Waals surface area contributed by atoms with Gasteiger partial charge in [0.05, 0.1) is 19.3 Å². The van der Waals surface area contributed by atoms with Gasteiger partial charge in [0.25, 0.3) is 0 Å². The monoisotopic (exact) mass is 231 g/mol. The SMILES string of the molecule is C=C(Cl)CNc1cc(Cl)ccc1OC. The van der Waals surface area contributed by atoms with Crippen molar-refractivity contribution in [1.29, 1.82) is 0 Å². The third-order valence-corrected chi connectivity index (χ3v) is 2.00. The van der Waals surface area contributed by atoms with Crippen LogP contribution in [0.4, 0.5) is 5.69 Å². The van der Waals surface area contributed by atoms with Gasteiger partial charge < -0.3 is 10.1 Å². The Balaban J connectivity index is 2.82. The molecule has 1 N–H and O–H groups in total. The molecule has 1 aromatic rings. The fourth-order valence-corrected chi connectivity index (χ4v) is 1.25. The molecular formula is C10H11Cl2NO. The molecule has 0 aliphatic carbocycles. The van der Waals surface area contributed by atoms with Gasteiger partial charge in [-0.15, -0.1) is 0 Å². The van der Waals surface area contributed by atoms with Crippen molar-refractivity contribution < 1.29 is 4.74 Å². The molecule has 1 rings (SSSR count). The summed E-state index contributed by atoms with van der Waals surface area (Å²) in [6, 6.07) is 5.34. The van der Waals surface area contributed by atoms with Gasteiger partial charge in [-0.3, -0.25) is 0 Å². The zero-order chi connectivity index (χ0) is 10.6. The van der Waals surface area contributed by atoms with Gasteiger partial charge in [0.15, 0.2) is 0 Å². The first-order valence-electron chi connectivity index (χ1n) is 4.04. The van der Waals surface area contributed by atoms with E-state index >= 15 is 0 Å². The third kappa shape index (κ3) is 3.13. The lowest BCUT2D eigenvalue weighted by atomic mass is 10.3. The number of rotatable bonds is 4. The van der Waals surface area contributed by atoms with Crippen molar-refractivity contribution in [3.8, 4) is 5.75 Å². The van der Waals surface area contributed by atoms with Crippen LogP contribution in [0.25, 0.3) is 0 Å². The van der Waals surface area contributed by atoms with Crippen LogP contribution in [0.5, 0.6) is 5.75 Å². The second-order valence-corrected chi connectivity index (χ2v) is 3.69. The van der Waals surface area contributed by atoms with Gasteiger partial charge >= 0.3 is 0 Å². The highest BCUT2D eigenvalue weighted by Gasteiger charge is 2.02. The minimum Gasteiger partial charge on any atom is -0.495 e. The van der Waals surface area contributed by atoms with Crippen molar-refractivity contribution in [1.82, 2.24) is 0 Å². The number of ether oxygens (including phenoxy) is 1. The Hall–Kier alpha value is -0.860. The van der Waals surface area contributed by atoms with E-state index in [0.717, 1.165) is 11.4 Å². The average molecular weight is 232 g/mol. The van der Waals surface area contributed by atoms with Crippen LogP contribution in [0, 0.1) is 0 Å². The lowest BCUT2D eigenvalue weighted by Gasteiger charge is -2.10. The van der Waals surface area contributed by atoms with E-state index in [2.05, 4.69) is 11.9 Å². The number of nitrogens with one attached hydrogen (secondary N) is 1. The number of hydrogen-bond acceptors (Lipinski definition) is 2. The zero-order valence-electron chi connectivity index (χ0n) is 7.81. The van der Waals surface area contributed by atoms with E-state index < -0.39 is 0 Å². The van der Waals surface area contributed by atoms with Gasteiger partial charge in [-0.1, -0.05) is 29.8 Å². The minimum atomic E-state index is 0.484. The number of methoxy groups -OCH3 is 1. The molecule has 1 aromatic carbocycles. The van der Waals surface area contributed by atoms with Gasteiger partial charge in [0.2, 0.25) is 0 Å². The fourth-order valence-electron chi connectivity index (χ4n) is 1.01. The number of hydrogen-bond donors (Lipinski definition) is 1. The predicted molar refractivity (Wildman–Crippen MR) is 61.5 cm³/mol. The maximum absolute atomic E-state index is 5.84. The quantitative estimate of drug-likeness (QED) is 0.857. The molecule has 0 unspecified atom stereocenters. The topological polar surface area (TPSA) is 21.3 Å². The summed E-state index contributed by atoms with van der Waals surface area (Å²) in [6.07, 6.45) is 0. The highest BCUT2D eigenvalue weighted by molar-refractivity contribution is 6.31. The van der Waals surface area contributed by atoms with E-state index in [9.17, 15) is 0 Å². The molecule has 0 fully saturated rings. The standard InChI is InChI=1S/C10H11Cl2NO/c1-7(11)6-13-9-5-8(12)3-4-10(9)14-2/h3-5,13H,1,6H2,2H3. The molecule has 14 heavy (non-hydrogen) atoms. The largest absolute Gasteiger partial charge is 0.495 e. The molecule has 0 atom stereocenters. The van der Waals surface area contributed by atoms with Crippen molar-refractivity contribution in [3.05, 3.63) is 34.8 Å². The first-order valence-corrected chi connectivity index (χ1v) is 4.79. The van der Waals surface area contributed by atoms with Crippen LogP contribution >= 0.6 is 23.2 Å². The molecule has 0 aliphatic heterocycles. The first-order chi connectivity index (χ1) is 6.63. The summed E-state index contributed by atoms with van der Waals surface area (Å²) in [6.45, 7) is 4.06. The summed E-state index contributed by atoms with van der Waals surface area (Å²) in [5.41, 5.74) is 0.807. The van der Waals surface area contributed by atoms with Crippen LogP contribution in [0.1, 0.15) is 0 Å². The Morgan fingerprint density at radius 2 is 2.29 bits per heavy atom. The van der Waals surface area contributed by atoms with Crippen LogP contribution in [0.2, 0.25) is 5.02 Å². The molecule has 0 bridgehead atoms. The Morgan fingerprint density at radius 1 is 1.57 bits per heavy atom. The summed E-state index contributed by atoms with van der Waals surface area (Å²) < 4.78 is 5.14. The van der Waals surface area contributed by atoms with Gasteiger partial charge in [-0.05, 0) is 18.2 Å². The Kier molecular flexibility index (Phi) is 4.11. The third-order valence-electron chi connectivity index (χ3n) is 1.63. The lowest BCUT2D eigenvalue weighted by molar-refractivity contribution is 0.416. The van der Waals surface area contributed by atoms with Crippen LogP contribution < -0.4 is 10.1 Å². The average Bonchev–Trinajstić information content (AvgIpc) is 2.15. The normalized spacial score (nSPS) is 9.64. The first kappa shape index (κ1) is 11.2. The number of benzene rings is 1. The molecule has 0 aliphatic rings. The molecule has 4 heteroatoms. The van der Waals surface area contributed by atoms with E-state index in [1.807, 2.05) is 0 Å². The Labute approximate surface area is 93.5 Å². The van der Waals surface area contributed by atoms with E-state index in [1.54, 1.807) is 25.3 Å². The van der Waals surface area contributed by atoms with Crippen molar-refractivity contribution >= 4 is 28.9 Å². The van der Waals surface area contributed by atoms with Gasteiger partial charge in [-0.25, -0.2) is 0 Å². The van der Waals surface area contributed by atoms with Crippen molar-refractivity contribution in [2.75, 3.05) is 19.0 Å². The van der Waals surface area contributed by atoms with Crippen molar-refractivity contribution in [3.63, 3.8) is 0 Å². The molecule has 0 heterocycles. The zero-order valence-corrected chi connectivity index (χ0v) is 9.32. The molecule has 0 saturated carbocycles.